The number of carbonyl (C=O) groups excluding carboxylic acids is 2. The van der Waals surface area contributed by atoms with Crippen molar-refractivity contribution in [1.29, 1.82) is 0 Å². The van der Waals surface area contributed by atoms with E-state index in [4.69, 9.17) is 4.74 Å². The maximum atomic E-state index is 12.9. The number of fused-ring (bicyclic) bond motifs is 2. The van der Waals surface area contributed by atoms with Crippen LogP contribution in [0.25, 0.3) is 10.8 Å². The second kappa shape index (κ2) is 8.00. The summed E-state index contributed by atoms with van der Waals surface area (Å²) in [4.78, 5) is 25.9. The summed E-state index contributed by atoms with van der Waals surface area (Å²) >= 11 is 0. The molecule has 0 aromatic heterocycles. The molecule has 2 bridgehead atoms. The van der Waals surface area contributed by atoms with Crippen molar-refractivity contribution in [3.05, 3.63) is 90.0 Å². The summed E-state index contributed by atoms with van der Waals surface area (Å²) in [7, 11) is 0. The minimum absolute atomic E-state index is 0.163. The second-order valence-corrected chi connectivity index (χ2v) is 9.07. The Kier molecular flexibility index (Phi) is 4.83. The SMILES string of the molecule is O=C1[C@H]2[C@H](C(=O)N1/N=C\c1cccc(OCc3cccc4ccccc34)c1)[C@H]1C=C[C@H]2CC1. The van der Waals surface area contributed by atoms with Crippen LogP contribution in [0.4, 0.5) is 0 Å². The highest BCUT2D eigenvalue weighted by atomic mass is 16.5. The van der Waals surface area contributed by atoms with Gasteiger partial charge in [0.1, 0.15) is 12.4 Å². The molecule has 0 unspecified atom stereocenters. The van der Waals surface area contributed by atoms with Gasteiger partial charge in [0.05, 0.1) is 18.1 Å². The molecular weight excluding hydrogens is 412 g/mol. The van der Waals surface area contributed by atoms with Gasteiger partial charge in [-0.1, -0.05) is 66.7 Å². The van der Waals surface area contributed by atoms with Crippen molar-refractivity contribution in [2.75, 3.05) is 0 Å². The Hall–Kier alpha value is -3.73. The van der Waals surface area contributed by atoms with E-state index in [2.05, 4.69) is 41.5 Å². The van der Waals surface area contributed by atoms with Gasteiger partial charge in [0, 0.05) is 0 Å². The summed E-state index contributed by atoms with van der Waals surface area (Å²) in [6, 6.07) is 22.0. The van der Waals surface area contributed by atoms with E-state index in [0.717, 1.165) is 29.0 Å². The van der Waals surface area contributed by atoms with Gasteiger partial charge in [-0.15, -0.1) is 0 Å². The first-order valence-corrected chi connectivity index (χ1v) is 11.5. The van der Waals surface area contributed by atoms with Crippen molar-refractivity contribution in [3.8, 4) is 5.75 Å². The number of hydrogen-bond donors (Lipinski definition) is 0. The Morgan fingerprint density at radius 2 is 1.58 bits per heavy atom. The van der Waals surface area contributed by atoms with E-state index >= 15 is 0 Å². The summed E-state index contributed by atoms with van der Waals surface area (Å²) in [5, 5.41) is 7.76. The summed E-state index contributed by atoms with van der Waals surface area (Å²) < 4.78 is 6.05. The zero-order valence-electron chi connectivity index (χ0n) is 18.1. The molecule has 7 rings (SSSR count). The van der Waals surface area contributed by atoms with Gasteiger partial charge in [-0.25, -0.2) is 0 Å². The lowest BCUT2D eigenvalue weighted by atomic mass is 9.63. The summed E-state index contributed by atoms with van der Waals surface area (Å²) in [5.74, 6) is 0.238. The summed E-state index contributed by atoms with van der Waals surface area (Å²) in [6.45, 7) is 0.449. The predicted octanol–water partition coefficient (Wildman–Crippen LogP) is 4.95. The minimum Gasteiger partial charge on any atom is -0.489 e. The molecular formula is C28H24N2O3. The third-order valence-electron chi connectivity index (χ3n) is 7.19. The molecule has 3 aliphatic carbocycles. The van der Waals surface area contributed by atoms with Crippen LogP contribution in [-0.2, 0) is 16.2 Å². The van der Waals surface area contributed by atoms with Crippen LogP contribution >= 0.6 is 0 Å². The number of hydrazone groups is 1. The lowest BCUT2D eigenvalue weighted by Crippen LogP contribution is -2.38. The van der Waals surface area contributed by atoms with Gasteiger partial charge in [-0.3, -0.25) is 9.59 Å². The van der Waals surface area contributed by atoms with Gasteiger partial charge in [-0.05, 0) is 58.7 Å². The predicted molar refractivity (Wildman–Crippen MR) is 127 cm³/mol. The number of benzene rings is 3. The molecule has 0 radical (unpaired) electrons. The van der Waals surface area contributed by atoms with E-state index in [0.29, 0.717) is 12.4 Å². The Balaban J connectivity index is 1.17. The molecule has 1 aliphatic heterocycles. The fraction of sp³-hybridized carbons (Fsp3) is 0.250. The molecule has 164 valence electrons. The standard InChI is InChI=1S/C28H24N2O3/c31-27-25-20-11-12-21(14-13-20)26(25)28(32)30(27)29-16-18-5-3-9-23(15-18)33-17-22-8-4-7-19-6-1-2-10-24(19)22/h1-12,15-16,20-21,25-26H,13-14,17H2/b29-16-/t20-,21-,25+,26+/m0/s1. The fourth-order valence-corrected chi connectivity index (χ4v) is 5.56. The molecule has 0 N–H and O–H groups in total. The Morgan fingerprint density at radius 1 is 0.879 bits per heavy atom. The number of hydrogen-bond acceptors (Lipinski definition) is 4. The maximum Gasteiger partial charge on any atom is 0.254 e. The van der Waals surface area contributed by atoms with Crippen molar-refractivity contribution >= 4 is 28.8 Å². The number of allylic oxidation sites excluding steroid dienone is 2. The zero-order chi connectivity index (χ0) is 22.4. The highest BCUT2D eigenvalue weighted by Crippen LogP contribution is 2.49. The molecule has 4 atom stereocenters. The summed E-state index contributed by atoms with van der Waals surface area (Å²) in [5.41, 5.74) is 1.90. The smallest absolute Gasteiger partial charge is 0.254 e. The van der Waals surface area contributed by atoms with Crippen LogP contribution < -0.4 is 4.74 Å². The fourth-order valence-electron chi connectivity index (χ4n) is 5.56. The number of ether oxygens (including phenoxy) is 1. The largest absolute Gasteiger partial charge is 0.489 e. The quantitative estimate of drug-likeness (QED) is 0.323. The zero-order valence-corrected chi connectivity index (χ0v) is 18.1. The number of nitrogens with zero attached hydrogens (tertiary/aromatic N) is 2. The average Bonchev–Trinajstić information content (AvgIpc) is 3.14. The van der Waals surface area contributed by atoms with Gasteiger partial charge in [0.15, 0.2) is 0 Å². The molecule has 3 aromatic rings. The lowest BCUT2D eigenvalue weighted by Gasteiger charge is -2.37. The molecule has 0 spiro atoms. The molecule has 1 saturated carbocycles. The topological polar surface area (TPSA) is 59.0 Å². The van der Waals surface area contributed by atoms with E-state index in [1.165, 1.54) is 10.8 Å². The molecule has 4 aliphatic rings. The molecule has 1 saturated heterocycles. The highest BCUT2D eigenvalue weighted by Gasteiger charge is 2.56. The van der Waals surface area contributed by atoms with Crippen molar-refractivity contribution < 1.29 is 14.3 Å². The molecule has 5 nitrogen and oxygen atoms in total. The van der Waals surface area contributed by atoms with Crippen LogP contribution in [0.1, 0.15) is 24.0 Å². The molecule has 2 fully saturated rings. The van der Waals surface area contributed by atoms with Crippen LogP contribution in [0.3, 0.4) is 0 Å². The Bertz CT molecular complexity index is 1270. The lowest BCUT2D eigenvalue weighted by molar-refractivity contribution is -0.140. The molecule has 1 heterocycles. The monoisotopic (exact) mass is 436 g/mol. The van der Waals surface area contributed by atoms with Gasteiger partial charge < -0.3 is 4.74 Å². The van der Waals surface area contributed by atoms with E-state index < -0.39 is 0 Å². The Labute approximate surface area is 192 Å². The van der Waals surface area contributed by atoms with E-state index in [9.17, 15) is 9.59 Å². The number of carbonyl (C=O) groups is 2. The normalized spacial score (nSPS) is 25.9. The van der Waals surface area contributed by atoms with Crippen molar-refractivity contribution in [1.82, 2.24) is 5.01 Å². The van der Waals surface area contributed by atoms with Crippen LogP contribution in [0.2, 0.25) is 0 Å². The van der Waals surface area contributed by atoms with Gasteiger partial charge in [0.2, 0.25) is 0 Å². The number of amides is 2. The third-order valence-corrected chi connectivity index (χ3v) is 7.19. The van der Waals surface area contributed by atoms with Gasteiger partial charge in [-0.2, -0.15) is 10.1 Å². The van der Waals surface area contributed by atoms with Gasteiger partial charge in [0.25, 0.3) is 11.8 Å². The average molecular weight is 437 g/mol. The van der Waals surface area contributed by atoms with Crippen LogP contribution in [0.15, 0.2) is 84.0 Å². The van der Waals surface area contributed by atoms with Crippen LogP contribution in [0, 0.1) is 23.7 Å². The third kappa shape index (κ3) is 3.44. The first-order chi connectivity index (χ1) is 16.2. The van der Waals surface area contributed by atoms with Crippen molar-refractivity contribution in [3.63, 3.8) is 0 Å². The highest BCUT2D eigenvalue weighted by molar-refractivity contribution is 6.06. The number of rotatable bonds is 5. The van der Waals surface area contributed by atoms with Crippen LogP contribution in [0.5, 0.6) is 5.75 Å². The van der Waals surface area contributed by atoms with E-state index in [1.807, 2.05) is 42.5 Å². The molecule has 33 heavy (non-hydrogen) atoms. The molecule has 5 heteroatoms. The molecule has 2 amide bonds. The van der Waals surface area contributed by atoms with Gasteiger partial charge >= 0.3 is 0 Å². The van der Waals surface area contributed by atoms with E-state index in [1.54, 1.807) is 6.21 Å². The number of imide groups is 1. The Morgan fingerprint density at radius 3 is 2.33 bits per heavy atom. The van der Waals surface area contributed by atoms with Crippen molar-refractivity contribution in [2.45, 2.75) is 19.4 Å². The summed E-state index contributed by atoms with van der Waals surface area (Å²) in [6.07, 6.45) is 7.77. The first kappa shape index (κ1) is 19.9. The molecule has 3 aromatic carbocycles. The first-order valence-electron chi connectivity index (χ1n) is 11.5. The van der Waals surface area contributed by atoms with Crippen LogP contribution in [-0.4, -0.2) is 23.0 Å². The van der Waals surface area contributed by atoms with E-state index in [-0.39, 0.29) is 35.5 Å². The minimum atomic E-state index is -0.242. The second-order valence-electron chi connectivity index (χ2n) is 9.07. The maximum absolute atomic E-state index is 12.9. The van der Waals surface area contributed by atoms with Crippen molar-refractivity contribution in [2.24, 2.45) is 28.8 Å².